The number of nitrogens with zero attached hydrogens (tertiary/aromatic N) is 3. The van der Waals surface area contributed by atoms with Gasteiger partial charge in [-0.15, -0.1) is 0 Å². The van der Waals surface area contributed by atoms with Crippen LogP contribution in [0.2, 0.25) is 0 Å². The molecule has 0 saturated heterocycles. The zero-order chi connectivity index (χ0) is 15.1. The van der Waals surface area contributed by atoms with Crippen LogP contribution in [0.5, 0.6) is 0 Å². The highest BCUT2D eigenvalue weighted by Gasteiger charge is 2.03. The predicted molar refractivity (Wildman–Crippen MR) is 89.8 cm³/mol. The first kappa shape index (κ1) is 15.4. The monoisotopic (exact) mass is 286 g/mol. The molecular weight excluding hydrogens is 260 g/mol. The highest BCUT2D eigenvalue weighted by Crippen LogP contribution is 2.18. The summed E-state index contributed by atoms with van der Waals surface area (Å²) in [5.74, 6) is 1.09. The summed E-state index contributed by atoms with van der Waals surface area (Å²) < 4.78 is 2.21. The van der Waals surface area contributed by atoms with Crippen molar-refractivity contribution in [3.05, 3.63) is 42.5 Å². The van der Waals surface area contributed by atoms with E-state index < -0.39 is 0 Å². The summed E-state index contributed by atoms with van der Waals surface area (Å²) in [5.41, 5.74) is 2.41. The number of rotatable bonds is 8. The van der Waals surface area contributed by atoms with Crippen LogP contribution in [0.3, 0.4) is 0 Å². The molecule has 0 fully saturated rings. The Hall–Kier alpha value is -1.97. The Morgan fingerprint density at radius 2 is 1.81 bits per heavy atom. The first-order chi connectivity index (χ1) is 10.3. The first-order valence-electron chi connectivity index (χ1n) is 7.87. The van der Waals surface area contributed by atoms with Gasteiger partial charge >= 0.3 is 0 Å². The number of imidazole rings is 1. The van der Waals surface area contributed by atoms with Crippen molar-refractivity contribution in [2.75, 3.05) is 23.3 Å². The minimum atomic E-state index is 0.762. The van der Waals surface area contributed by atoms with Gasteiger partial charge in [0.05, 0.1) is 6.54 Å². The van der Waals surface area contributed by atoms with Gasteiger partial charge in [-0.1, -0.05) is 6.92 Å². The van der Waals surface area contributed by atoms with Crippen LogP contribution in [0.25, 0.3) is 0 Å². The summed E-state index contributed by atoms with van der Waals surface area (Å²) in [4.78, 5) is 6.76. The molecule has 0 radical (unpaired) electrons. The quantitative estimate of drug-likeness (QED) is 0.802. The number of aromatic nitrogens is 2. The average molecular weight is 286 g/mol. The molecule has 0 saturated carbocycles. The van der Waals surface area contributed by atoms with Gasteiger partial charge in [-0.3, -0.25) is 0 Å². The van der Waals surface area contributed by atoms with Crippen molar-refractivity contribution in [3.63, 3.8) is 0 Å². The van der Waals surface area contributed by atoms with E-state index in [-0.39, 0.29) is 0 Å². The smallest absolute Gasteiger partial charge is 0.128 e. The molecule has 4 nitrogen and oxygen atoms in total. The number of benzene rings is 1. The molecule has 1 aromatic carbocycles. The van der Waals surface area contributed by atoms with E-state index in [1.54, 1.807) is 0 Å². The largest absolute Gasteiger partial charge is 0.378 e. The van der Waals surface area contributed by atoms with Crippen LogP contribution in [-0.4, -0.2) is 22.6 Å². The molecule has 1 N–H and O–H groups in total. The molecule has 0 aliphatic heterocycles. The van der Waals surface area contributed by atoms with Crippen molar-refractivity contribution < 1.29 is 0 Å². The second-order valence-corrected chi connectivity index (χ2v) is 5.11. The SMILES string of the molecule is CCCn1ccnc1CNc1ccc(N(CC)CC)cc1. The Bertz CT molecular complexity index is 526. The summed E-state index contributed by atoms with van der Waals surface area (Å²) in [6.45, 7) is 10.4. The van der Waals surface area contributed by atoms with Crippen LogP contribution in [-0.2, 0) is 13.1 Å². The fraction of sp³-hybridized carbons (Fsp3) is 0.471. The molecule has 0 aliphatic rings. The molecular formula is C17H26N4. The number of aryl methyl sites for hydroxylation is 1. The fourth-order valence-corrected chi connectivity index (χ4v) is 2.51. The first-order valence-corrected chi connectivity index (χ1v) is 7.87. The molecule has 4 heteroatoms. The van der Waals surface area contributed by atoms with E-state index in [0.717, 1.165) is 44.1 Å². The lowest BCUT2D eigenvalue weighted by atomic mass is 10.2. The van der Waals surface area contributed by atoms with Gasteiger partial charge in [-0.05, 0) is 44.5 Å². The highest BCUT2D eigenvalue weighted by atomic mass is 15.1. The van der Waals surface area contributed by atoms with Crippen molar-refractivity contribution in [1.29, 1.82) is 0 Å². The summed E-state index contributed by atoms with van der Waals surface area (Å²) in [7, 11) is 0. The summed E-state index contributed by atoms with van der Waals surface area (Å²) in [5, 5.41) is 3.45. The molecule has 1 heterocycles. The Kier molecular flexibility index (Phi) is 5.67. The normalized spacial score (nSPS) is 10.6. The van der Waals surface area contributed by atoms with Crippen LogP contribution in [0.15, 0.2) is 36.7 Å². The maximum Gasteiger partial charge on any atom is 0.128 e. The minimum absolute atomic E-state index is 0.762. The standard InChI is InChI=1S/C17H26N4/c1-4-12-21-13-11-18-17(21)14-19-15-7-9-16(10-8-15)20(5-2)6-3/h7-11,13,19H,4-6,12,14H2,1-3H3. The van der Waals surface area contributed by atoms with Gasteiger partial charge in [0.25, 0.3) is 0 Å². The lowest BCUT2D eigenvalue weighted by Gasteiger charge is -2.21. The Balaban J connectivity index is 1.96. The molecule has 21 heavy (non-hydrogen) atoms. The molecule has 2 aromatic rings. The van der Waals surface area contributed by atoms with E-state index in [4.69, 9.17) is 0 Å². The van der Waals surface area contributed by atoms with E-state index in [2.05, 4.69) is 64.8 Å². The van der Waals surface area contributed by atoms with Gasteiger partial charge in [0.1, 0.15) is 5.82 Å². The third kappa shape index (κ3) is 4.00. The Labute approximate surface area is 127 Å². The van der Waals surface area contributed by atoms with Gasteiger partial charge in [0.15, 0.2) is 0 Å². The number of anilines is 2. The van der Waals surface area contributed by atoms with Crippen molar-refractivity contribution in [2.45, 2.75) is 40.3 Å². The molecule has 0 bridgehead atoms. The topological polar surface area (TPSA) is 33.1 Å². The highest BCUT2D eigenvalue weighted by molar-refractivity contribution is 5.55. The molecule has 0 spiro atoms. The number of nitrogens with one attached hydrogen (secondary N) is 1. The van der Waals surface area contributed by atoms with Crippen LogP contribution < -0.4 is 10.2 Å². The van der Waals surface area contributed by atoms with Crippen LogP contribution in [0.1, 0.15) is 33.0 Å². The lowest BCUT2D eigenvalue weighted by molar-refractivity contribution is 0.644. The second-order valence-electron chi connectivity index (χ2n) is 5.11. The van der Waals surface area contributed by atoms with Crippen LogP contribution in [0.4, 0.5) is 11.4 Å². The van der Waals surface area contributed by atoms with Gasteiger partial charge in [-0.25, -0.2) is 4.98 Å². The zero-order valence-electron chi connectivity index (χ0n) is 13.3. The molecule has 0 amide bonds. The third-order valence-electron chi connectivity index (χ3n) is 3.71. The van der Waals surface area contributed by atoms with Crippen LogP contribution in [0, 0.1) is 0 Å². The molecule has 1 aromatic heterocycles. The third-order valence-corrected chi connectivity index (χ3v) is 3.71. The molecule has 0 atom stereocenters. The molecule has 2 rings (SSSR count). The van der Waals surface area contributed by atoms with Crippen LogP contribution >= 0.6 is 0 Å². The summed E-state index contributed by atoms with van der Waals surface area (Å²) in [6, 6.07) is 8.63. The Morgan fingerprint density at radius 1 is 1.10 bits per heavy atom. The van der Waals surface area contributed by atoms with Crippen molar-refractivity contribution in [2.24, 2.45) is 0 Å². The van der Waals surface area contributed by atoms with E-state index >= 15 is 0 Å². The minimum Gasteiger partial charge on any atom is -0.378 e. The second kappa shape index (κ2) is 7.72. The van der Waals surface area contributed by atoms with Crippen molar-refractivity contribution >= 4 is 11.4 Å². The number of hydrogen-bond acceptors (Lipinski definition) is 3. The van der Waals surface area contributed by atoms with Gasteiger partial charge in [0, 0.05) is 43.4 Å². The molecule has 0 aliphatic carbocycles. The zero-order valence-corrected chi connectivity index (χ0v) is 13.3. The molecule has 114 valence electrons. The summed E-state index contributed by atoms with van der Waals surface area (Å²) in [6.07, 6.45) is 5.04. The average Bonchev–Trinajstić information content (AvgIpc) is 2.95. The van der Waals surface area contributed by atoms with Gasteiger partial charge in [0.2, 0.25) is 0 Å². The van der Waals surface area contributed by atoms with Gasteiger partial charge in [-0.2, -0.15) is 0 Å². The van der Waals surface area contributed by atoms with E-state index in [9.17, 15) is 0 Å². The van der Waals surface area contributed by atoms with E-state index in [1.807, 2.05) is 12.4 Å². The van der Waals surface area contributed by atoms with Gasteiger partial charge < -0.3 is 14.8 Å². The maximum atomic E-state index is 4.41. The maximum absolute atomic E-state index is 4.41. The molecule has 0 unspecified atom stereocenters. The van der Waals surface area contributed by atoms with Crippen molar-refractivity contribution in [3.8, 4) is 0 Å². The lowest BCUT2D eigenvalue weighted by Crippen LogP contribution is -2.21. The fourth-order valence-electron chi connectivity index (χ4n) is 2.51. The predicted octanol–water partition coefficient (Wildman–Crippen LogP) is 3.75. The van der Waals surface area contributed by atoms with Crippen molar-refractivity contribution in [1.82, 2.24) is 9.55 Å². The summed E-state index contributed by atoms with van der Waals surface area (Å²) >= 11 is 0. The van der Waals surface area contributed by atoms with E-state index in [1.165, 1.54) is 5.69 Å². The van der Waals surface area contributed by atoms with E-state index in [0.29, 0.717) is 0 Å². The number of hydrogen-bond donors (Lipinski definition) is 1. The Morgan fingerprint density at radius 3 is 2.43 bits per heavy atom.